The van der Waals surface area contributed by atoms with Gasteiger partial charge in [-0.1, -0.05) is 31.4 Å². The Morgan fingerprint density at radius 3 is 2.18 bits per heavy atom. The maximum absolute atomic E-state index is 13.0. The van der Waals surface area contributed by atoms with Crippen LogP contribution in [0, 0.1) is 0 Å². The smallest absolute Gasteiger partial charge is 0.280 e. The molecule has 0 radical (unpaired) electrons. The number of hydrogen-bond acceptors (Lipinski definition) is 3. The summed E-state index contributed by atoms with van der Waals surface area (Å²) in [6.07, 6.45) is 6.27. The molecule has 1 amide bonds. The highest BCUT2D eigenvalue weighted by molar-refractivity contribution is 7.89. The van der Waals surface area contributed by atoms with Crippen LogP contribution in [-0.2, 0) is 14.8 Å². The van der Waals surface area contributed by atoms with Gasteiger partial charge in [-0.25, -0.2) is 8.42 Å². The molecule has 0 unspecified atom stereocenters. The summed E-state index contributed by atoms with van der Waals surface area (Å²) in [7, 11) is 0.0492. The summed E-state index contributed by atoms with van der Waals surface area (Å²) in [5.74, 6) is 0.665. The Morgan fingerprint density at radius 2 is 1.64 bits per heavy atom. The number of hydrogen-bond donors (Lipinski definition) is 1. The standard InChI is InChI=1S/C21H33N3O3S/c1-17(21(25)22(2)3)23-13-15-24(16-14-23)28(26,27)20-11-9-19(10-12-20)18-7-5-4-6-8-18/h9-12,17-18H,4-8,13-16H2,1-3H3/p+1/t17-/m0/s1. The summed E-state index contributed by atoms with van der Waals surface area (Å²) in [5.41, 5.74) is 1.27. The maximum atomic E-state index is 13.0. The monoisotopic (exact) mass is 408 g/mol. The zero-order chi connectivity index (χ0) is 20.3. The molecule has 1 aliphatic heterocycles. The molecule has 0 bridgehead atoms. The number of nitrogens with one attached hydrogen (secondary N) is 1. The lowest BCUT2D eigenvalue weighted by atomic mass is 9.84. The van der Waals surface area contributed by atoms with Crippen molar-refractivity contribution in [3.05, 3.63) is 29.8 Å². The summed E-state index contributed by atoms with van der Waals surface area (Å²) in [5, 5.41) is 0. The van der Waals surface area contributed by atoms with Crippen molar-refractivity contribution in [3.63, 3.8) is 0 Å². The zero-order valence-corrected chi connectivity index (χ0v) is 18.2. The number of nitrogens with zero attached hydrogens (tertiary/aromatic N) is 2. The molecular formula is C21H34N3O3S+. The highest BCUT2D eigenvalue weighted by atomic mass is 32.2. The van der Waals surface area contributed by atoms with Gasteiger partial charge in [-0.15, -0.1) is 0 Å². The van der Waals surface area contributed by atoms with Crippen molar-refractivity contribution < 1.29 is 18.1 Å². The highest BCUT2D eigenvalue weighted by Gasteiger charge is 2.34. The second-order valence-electron chi connectivity index (χ2n) is 8.42. The van der Waals surface area contributed by atoms with E-state index in [2.05, 4.69) is 0 Å². The van der Waals surface area contributed by atoms with Crippen molar-refractivity contribution >= 4 is 15.9 Å². The van der Waals surface area contributed by atoms with E-state index < -0.39 is 10.0 Å². The van der Waals surface area contributed by atoms with Gasteiger partial charge >= 0.3 is 0 Å². The van der Waals surface area contributed by atoms with E-state index in [9.17, 15) is 13.2 Å². The minimum Gasteiger partial charge on any atom is -0.344 e. The second kappa shape index (κ2) is 8.93. The molecule has 0 aromatic heterocycles. The first kappa shape index (κ1) is 21.3. The minimum absolute atomic E-state index is 0.0876. The van der Waals surface area contributed by atoms with Crippen molar-refractivity contribution in [1.29, 1.82) is 0 Å². The number of sulfonamides is 1. The molecule has 156 valence electrons. The van der Waals surface area contributed by atoms with Gasteiger partial charge in [0.15, 0.2) is 6.04 Å². The first-order chi connectivity index (χ1) is 13.3. The maximum Gasteiger partial charge on any atom is 0.280 e. The van der Waals surface area contributed by atoms with Gasteiger partial charge in [0.2, 0.25) is 10.0 Å². The minimum atomic E-state index is -3.47. The average molecular weight is 409 g/mol. The van der Waals surface area contributed by atoms with Crippen molar-refractivity contribution in [1.82, 2.24) is 9.21 Å². The first-order valence-electron chi connectivity index (χ1n) is 10.5. The van der Waals surface area contributed by atoms with Crippen LogP contribution in [-0.4, -0.2) is 69.8 Å². The lowest BCUT2D eigenvalue weighted by Crippen LogP contribution is -3.19. The topological polar surface area (TPSA) is 62.1 Å². The molecule has 1 aliphatic carbocycles. The van der Waals surface area contributed by atoms with E-state index in [-0.39, 0.29) is 11.9 Å². The Morgan fingerprint density at radius 1 is 1.07 bits per heavy atom. The quantitative estimate of drug-likeness (QED) is 0.794. The van der Waals surface area contributed by atoms with Crippen LogP contribution >= 0.6 is 0 Å². The molecule has 1 heterocycles. The molecule has 1 saturated heterocycles. The van der Waals surface area contributed by atoms with E-state index in [0.29, 0.717) is 37.0 Å². The van der Waals surface area contributed by atoms with Crippen molar-refractivity contribution in [2.45, 2.75) is 55.9 Å². The third-order valence-corrected chi connectivity index (χ3v) is 8.30. The van der Waals surface area contributed by atoms with Crippen molar-refractivity contribution in [2.75, 3.05) is 40.3 Å². The molecule has 1 atom stereocenters. The van der Waals surface area contributed by atoms with Gasteiger partial charge in [-0.3, -0.25) is 4.79 Å². The van der Waals surface area contributed by atoms with Crippen LogP contribution < -0.4 is 4.90 Å². The second-order valence-corrected chi connectivity index (χ2v) is 10.4. The van der Waals surface area contributed by atoms with Gasteiger partial charge in [0, 0.05) is 14.1 Å². The van der Waals surface area contributed by atoms with E-state index >= 15 is 0 Å². The van der Waals surface area contributed by atoms with E-state index in [1.54, 1.807) is 35.4 Å². The van der Waals surface area contributed by atoms with Gasteiger partial charge in [-0.2, -0.15) is 4.31 Å². The predicted molar refractivity (Wildman–Crippen MR) is 110 cm³/mol. The molecule has 2 aliphatic rings. The molecule has 28 heavy (non-hydrogen) atoms. The molecule has 2 fully saturated rings. The number of carbonyl (C=O) groups excluding carboxylic acids is 1. The molecule has 1 saturated carbocycles. The Labute approximate surface area is 169 Å². The number of quaternary nitrogens is 1. The van der Waals surface area contributed by atoms with Crippen LogP contribution in [0.15, 0.2) is 29.2 Å². The zero-order valence-electron chi connectivity index (χ0n) is 17.4. The fourth-order valence-corrected chi connectivity index (χ4v) is 5.95. The molecule has 1 aromatic rings. The van der Waals surface area contributed by atoms with E-state index in [0.717, 1.165) is 4.90 Å². The number of carbonyl (C=O) groups is 1. The fraction of sp³-hybridized carbons (Fsp3) is 0.667. The van der Waals surface area contributed by atoms with Gasteiger partial charge in [0.25, 0.3) is 5.91 Å². The number of likely N-dealkylation sites (N-methyl/N-ethyl adjacent to an activating group) is 1. The fourth-order valence-electron chi connectivity index (χ4n) is 4.51. The van der Waals surface area contributed by atoms with Crippen LogP contribution in [0.2, 0.25) is 0 Å². The largest absolute Gasteiger partial charge is 0.344 e. The van der Waals surface area contributed by atoms with Crippen LogP contribution in [0.5, 0.6) is 0 Å². The summed E-state index contributed by atoms with van der Waals surface area (Å²) in [6.45, 7) is 4.13. The molecule has 6 nitrogen and oxygen atoms in total. The SMILES string of the molecule is C[C@@H](C(=O)N(C)C)[NH+]1CCN(S(=O)(=O)c2ccc(C3CCCCC3)cc2)CC1. The number of piperazine rings is 1. The van der Waals surface area contributed by atoms with Crippen molar-refractivity contribution in [2.24, 2.45) is 0 Å². The van der Waals surface area contributed by atoms with Crippen LogP contribution in [0.1, 0.15) is 50.5 Å². The number of benzene rings is 1. The van der Waals surface area contributed by atoms with E-state index in [1.165, 1.54) is 37.7 Å². The molecule has 1 N–H and O–H groups in total. The summed E-state index contributed by atoms with van der Waals surface area (Å²) >= 11 is 0. The number of amides is 1. The van der Waals surface area contributed by atoms with Crippen LogP contribution in [0.3, 0.4) is 0 Å². The molecule has 3 rings (SSSR count). The van der Waals surface area contributed by atoms with Gasteiger partial charge in [0.05, 0.1) is 31.1 Å². The lowest BCUT2D eigenvalue weighted by molar-refractivity contribution is -0.917. The summed E-state index contributed by atoms with van der Waals surface area (Å²) < 4.78 is 27.6. The molecule has 0 spiro atoms. The number of rotatable bonds is 5. The Balaban J connectivity index is 1.63. The summed E-state index contributed by atoms with van der Waals surface area (Å²) in [4.78, 5) is 15.3. The van der Waals surface area contributed by atoms with Crippen LogP contribution in [0.25, 0.3) is 0 Å². The molecular weight excluding hydrogens is 374 g/mol. The Kier molecular flexibility index (Phi) is 6.78. The first-order valence-corrected chi connectivity index (χ1v) is 11.9. The highest BCUT2D eigenvalue weighted by Crippen LogP contribution is 2.33. The normalized spacial score (nSPS) is 21.4. The van der Waals surface area contributed by atoms with Gasteiger partial charge < -0.3 is 9.80 Å². The van der Waals surface area contributed by atoms with Gasteiger partial charge in [-0.05, 0) is 43.4 Å². The van der Waals surface area contributed by atoms with Gasteiger partial charge in [0.1, 0.15) is 0 Å². The van der Waals surface area contributed by atoms with Crippen molar-refractivity contribution in [3.8, 4) is 0 Å². The van der Waals surface area contributed by atoms with E-state index in [4.69, 9.17) is 0 Å². The Hall–Kier alpha value is -1.44. The third kappa shape index (κ3) is 4.58. The lowest BCUT2D eigenvalue weighted by Gasteiger charge is -2.34. The third-order valence-electron chi connectivity index (χ3n) is 6.38. The summed E-state index contributed by atoms with van der Waals surface area (Å²) in [6, 6.07) is 7.41. The van der Waals surface area contributed by atoms with E-state index in [1.807, 2.05) is 19.1 Å². The average Bonchev–Trinajstić information content (AvgIpc) is 2.73. The predicted octanol–water partition coefficient (Wildman–Crippen LogP) is 1.10. The molecule has 1 aromatic carbocycles. The Bertz CT molecular complexity index is 763. The molecule has 7 heteroatoms. The van der Waals surface area contributed by atoms with Crippen LogP contribution in [0.4, 0.5) is 0 Å².